The van der Waals surface area contributed by atoms with Crippen LogP contribution in [0.3, 0.4) is 0 Å². The van der Waals surface area contributed by atoms with E-state index in [1.807, 2.05) is 47.5 Å². The first kappa shape index (κ1) is 19.5. The van der Waals surface area contributed by atoms with Crippen LogP contribution in [0, 0.1) is 0 Å². The summed E-state index contributed by atoms with van der Waals surface area (Å²) in [5, 5.41) is 3.38. The van der Waals surface area contributed by atoms with Gasteiger partial charge in [0, 0.05) is 56.5 Å². The van der Waals surface area contributed by atoms with Gasteiger partial charge in [-0.1, -0.05) is 29.8 Å². The van der Waals surface area contributed by atoms with Gasteiger partial charge in [-0.05, 0) is 23.8 Å². The van der Waals surface area contributed by atoms with Crippen molar-refractivity contribution in [2.75, 3.05) is 26.8 Å². The highest BCUT2D eigenvalue weighted by Crippen LogP contribution is 2.36. The standard InChI is InChI=1S/C20H24ClN3O3/c1-27-14-10-22-18(25)8-9-19(26)24-13-12-23-11-4-7-17(23)20(24)15-5-2-3-6-16(15)21/h2-7,11,20H,8-10,12-14H2,1H3,(H,22,25)/t20-/m0/s1. The Kier molecular flexibility index (Phi) is 6.53. The van der Waals surface area contributed by atoms with Crippen molar-refractivity contribution in [3.05, 3.63) is 58.9 Å². The fourth-order valence-electron chi connectivity index (χ4n) is 3.42. The molecule has 6 nitrogen and oxygen atoms in total. The van der Waals surface area contributed by atoms with Crippen molar-refractivity contribution in [2.24, 2.45) is 0 Å². The van der Waals surface area contributed by atoms with Gasteiger partial charge in [0.1, 0.15) is 0 Å². The molecule has 0 bridgehead atoms. The number of nitrogens with one attached hydrogen (secondary N) is 1. The van der Waals surface area contributed by atoms with Gasteiger partial charge in [0.05, 0.1) is 12.6 Å². The van der Waals surface area contributed by atoms with Crippen molar-refractivity contribution in [3.8, 4) is 0 Å². The summed E-state index contributed by atoms with van der Waals surface area (Å²) >= 11 is 6.44. The van der Waals surface area contributed by atoms with E-state index in [9.17, 15) is 9.59 Å². The maximum absolute atomic E-state index is 12.9. The number of aromatic nitrogens is 1. The van der Waals surface area contributed by atoms with Crippen molar-refractivity contribution >= 4 is 23.4 Å². The molecule has 0 saturated carbocycles. The number of rotatable bonds is 7. The minimum atomic E-state index is -0.244. The molecule has 3 rings (SSSR count). The lowest BCUT2D eigenvalue weighted by Crippen LogP contribution is -2.42. The van der Waals surface area contributed by atoms with Gasteiger partial charge in [-0.15, -0.1) is 0 Å². The normalized spacial score (nSPS) is 16.1. The summed E-state index contributed by atoms with van der Waals surface area (Å²) in [5.74, 6) is -0.190. The Morgan fingerprint density at radius 3 is 2.78 bits per heavy atom. The number of ether oxygens (including phenoxy) is 1. The number of amides is 2. The zero-order valence-electron chi connectivity index (χ0n) is 15.4. The number of hydrogen-bond acceptors (Lipinski definition) is 3. The molecule has 1 atom stereocenters. The molecule has 27 heavy (non-hydrogen) atoms. The third-order valence-electron chi connectivity index (χ3n) is 4.75. The Morgan fingerprint density at radius 2 is 2.00 bits per heavy atom. The molecule has 1 aliphatic heterocycles. The zero-order valence-corrected chi connectivity index (χ0v) is 16.1. The molecule has 0 fully saturated rings. The molecule has 7 heteroatoms. The third-order valence-corrected chi connectivity index (χ3v) is 5.10. The Balaban J connectivity index is 1.74. The molecule has 2 heterocycles. The number of benzene rings is 1. The van der Waals surface area contributed by atoms with E-state index in [2.05, 4.69) is 9.88 Å². The summed E-state index contributed by atoms with van der Waals surface area (Å²) in [4.78, 5) is 26.7. The van der Waals surface area contributed by atoms with Gasteiger partial charge >= 0.3 is 0 Å². The molecule has 0 saturated heterocycles. The lowest BCUT2D eigenvalue weighted by molar-refractivity contribution is -0.136. The van der Waals surface area contributed by atoms with Gasteiger partial charge in [0.15, 0.2) is 0 Å². The molecule has 1 N–H and O–H groups in total. The van der Waals surface area contributed by atoms with Gasteiger partial charge in [0.25, 0.3) is 0 Å². The lowest BCUT2D eigenvalue weighted by atomic mass is 9.99. The van der Waals surface area contributed by atoms with Crippen LogP contribution in [0.15, 0.2) is 42.6 Å². The predicted octanol–water partition coefficient (Wildman–Crippen LogP) is 2.62. The molecular formula is C20H24ClN3O3. The number of nitrogens with zero attached hydrogens (tertiary/aromatic N) is 2. The maximum Gasteiger partial charge on any atom is 0.223 e. The van der Waals surface area contributed by atoms with Crippen molar-refractivity contribution in [2.45, 2.75) is 25.4 Å². The lowest BCUT2D eigenvalue weighted by Gasteiger charge is -2.37. The molecule has 1 aliphatic rings. The molecule has 0 radical (unpaired) electrons. The number of carbonyl (C=O) groups is 2. The van der Waals surface area contributed by atoms with Gasteiger partial charge < -0.3 is 19.5 Å². The second kappa shape index (κ2) is 9.06. The Labute approximate surface area is 164 Å². The summed E-state index contributed by atoms with van der Waals surface area (Å²) < 4.78 is 7.06. The molecule has 0 aliphatic carbocycles. The van der Waals surface area contributed by atoms with Crippen molar-refractivity contribution < 1.29 is 14.3 Å². The van der Waals surface area contributed by atoms with E-state index >= 15 is 0 Å². The van der Waals surface area contributed by atoms with Crippen molar-refractivity contribution in [3.63, 3.8) is 0 Å². The highest BCUT2D eigenvalue weighted by molar-refractivity contribution is 6.31. The highest BCUT2D eigenvalue weighted by Gasteiger charge is 2.33. The fraction of sp³-hybridized carbons (Fsp3) is 0.400. The highest BCUT2D eigenvalue weighted by atomic mass is 35.5. The van der Waals surface area contributed by atoms with Crippen LogP contribution in [0.1, 0.15) is 30.1 Å². The fourth-order valence-corrected chi connectivity index (χ4v) is 3.66. The molecule has 0 spiro atoms. The quantitative estimate of drug-likeness (QED) is 0.740. The number of hydrogen-bond donors (Lipinski definition) is 1. The van der Waals surface area contributed by atoms with E-state index in [4.69, 9.17) is 16.3 Å². The van der Waals surface area contributed by atoms with E-state index in [-0.39, 0.29) is 30.7 Å². The second-order valence-corrected chi connectivity index (χ2v) is 6.89. The van der Waals surface area contributed by atoms with Crippen LogP contribution in [-0.4, -0.2) is 48.1 Å². The number of carbonyl (C=O) groups excluding carboxylic acids is 2. The molecule has 1 aromatic heterocycles. The molecule has 0 unspecified atom stereocenters. The SMILES string of the molecule is COCCNC(=O)CCC(=O)N1CCn2cccc2[C@@H]1c1ccccc1Cl. The Hall–Kier alpha value is -2.31. The smallest absolute Gasteiger partial charge is 0.223 e. The van der Waals surface area contributed by atoms with Gasteiger partial charge in [-0.25, -0.2) is 0 Å². The average molecular weight is 390 g/mol. The number of halogens is 1. The van der Waals surface area contributed by atoms with E-state index in [1.165, 1.54) is 0 Å². The van der Waals surface area contributed by atoms with E-state index in [0.29, 0.717) is 24.7 Å². The molecular weight excluding hydrogens is 366 g/mol. The first-order valence-corrected chi connectivity index (χ1v) is 9.44. The largest absolute Gasteiger partial charge is 0.383 e. The Morgan fingerprint density at radius 1 is 1.19 bits per heavy atom. The molecule has 144 valence electrons. The van der Waals surface area contributed by atoms with E-state index in [1.54, 1.807) is 7.11 Å². The third kappa shape index (κ3) is 4.51. The van der Waals surface area contributed by atoms with Crippen molar-refractivity contribution in [1.82, 2.24) is 14.8 Å². The number of methoxy groups -OCH3 is 1. The van der Waals surface area contributed by atoms with Crippen LogP contribution in [0.2, 0.25) is 5.02 Å². The molecule has 2 amide bonds. The van der Waals surface area contributed by atoms with E-state index < -0.39 is 0 Å². The first-order chi connectivity index (χ1) is 13.1. The van der Waals surface area contributed by atoms with Gasteiger partial charge in [-0.3, -0.25) is 9.59 Å². The van der Waals surface area contributed by atoms with Crippen LogP contribution in [0.5, 0.6) is 0 Å². The zero-order chi connectivity index (χ0) is 19.2. The minimum absolute atomic E-state index is 0.0470. The van der Waals surface area contributed by atoms with Crippen molar-refractivity contribution in [1.29, 1.82) is 0 Å². The summed E-state index contributed by atoms with van der Waals surface area (Å²) in [6.07, 6.45) is 2.35. The van der Waals surface area contributed by atoms with E-state index in [0.717, 1.165) is 17.8 Å². The summed E-state index contributed by atoms with van der Waals surface area (Å²) in [7, 11) is 1.58. The Bertz CT molecular complexity index is 805. The number of fused-ring (bicyclic) bond motifs is 1. The van der Waals surface area contributed by atoms with Gasteiger partial charge in [0.2, 0.25) is 11.8 Å². The minimum Gasteiger partial charge on any atom is -0.383 e. The monoisotopic (exact) mass is 389 g/mol. The van der Waals surface area contributed by atoms with Crippen LogP contribution in [-0.2, 0) is 20.9 Å². The maximum atomic E-state index is 12.9. The van der Waals surface area contributed by atoms with Crippen LogP contribution in [0.4, 0.5) is 0 Å². The average Bonchev–Trinajstić information content (AvgIpc) is 3.15. The molecule has 2 aromatic rings. The van der Waals surface area contributed by atoms with Crippen LogP contribution >= 0.6 is 11.6 Å². The topological polar surface area (TPSA) is 63.6 Å². The van der Waals surface area contributed by atoms with Crippen LogP contribution < -0.4 is 5.32 Å². The summed E-state index contributed by atoms with van der Waals surface area (Å²) in [5.41, 5.74) is 1.93. The second-order valence-electron chi connectivity index (χ2n) is 6.48. The van der Waals surface area contributed by atoms with Crippen LogP contribution in [0.25, 0.3) is 0 Å². The first-order valence-electron chi connectivity index (χ1n) is 9.06. The summed E-state index contributed by atoms with van der Waals surface area (Å²) in [6.45, 7) is 2.22. The summed E-state index contributed by atoms with van der Waals surface area (Å²) in [6, 6.07) is 11.4. The predicted molar refractivity (Wildman–Crippen MR) is 104 cm³/mol. The van der Waals surface area contributed by atoms with Gasteiger partial charge in [-0.2, -0.15) is 0 Å². The molecule has 1 aromatic carbocycles.